The first-order valence-corrected chi connectivity index (χ1v) is 5.25. The number of halogens is 1. The third-order valence-electron chi connectivity index (χ3n) is 2.38. The second-order valence-corrected chi connectivity index (χ2v) is 3.94. The highest BCUT2D eigenvalue weighted by atomic mass is 35.5. The summed E-state index contributed by atoms with van der Waals surface area (Å²) in [4.78, 5) is 25.8. The lowest BCUT2D eigenvalue weighted by molar-refractivity contribution is -0.116. The monoisotopic (exact) mass is 249 g/mol. The highest BCUT2D eigenvalue weighted by Crippen LogP contribution is 2.22. The van der Waals surface area contributed by atoms with Crippen LogP contribution in [0, 0.1) is 11.3 Å². The zero-order valence-electron chi connectivity index (χ0n) is 8.76. The van der Waals surface area contributed by atoms with Crippen molar-refractivity contribution >= 4 is 29.2 Å². The van der Waals surface area contributed by atoms with E-state index in [2.05, 4.69) is 0 Å². The molecule has 0 N–H and O–H groups in total. The Morgan fingerprint density at radius 1 is 1.29 bits per heavy atom. The summed E-state index contributed by atoms with van der Waals surface area (Å²) in [5.74, 6) is -0.340. The Hall–Kier alpha value is -2.06. The number of rotatable bonds is 2. The van der Waals surface area contributed by atoms with Crippen LogP contribution in [0.4, 0.5) is 10.5 Å². The molecule has 2 rings (SSSR count). The van der Waals surface area contributed by atoms with E-state index < -0.39 is 6.03 Å². The lowest BCUT2D eigenvalue weighted by Gasteiger charge is -2.14. The molecule has 0 spiro atoms. The Balaban J connectivity index is 2.28. The minimum absolute atomic E-state index is 0.0605. The van der Waals surface area contributed by atoms with E-state index >= 15 is 0 Å². The molecule has 0 aliphatic carbocycles. The van der Waals surface area contributed by atoms with Gasteiger partial charge in [-0.25, -0.2) is 9.69 Å². The molecule has 17 heavy (non-hydrogen) atoms. The molecule has 6 heteroatoms. The van der Waals surface area contributed by atoms with E-state index in [1.165, 1.54) is 4.90 Å². The molecule has 1 aromatic carbocycles. The van der Waals surface area contributed by atoms with Crippen molar-refractivity contribution in [2.75, 3.05) is 18.0 Å². The minimum atomic E-state index is -0.473. The summed E-state index contributed by atoms with van der Waals surface area (Å²) in [7, 11) is 0. The Morgan fingerprint density at radius 3 is 2.53 bits per heavy atom. The summed E-state index contributed by atoms with van der Waals surface area (Å²) in [5.41, 5.74) is 0.463. The Kier molecular flexibility index (Phi) is 2.98. The molecule has 1 aromatic rings. The molecule has 0 saturated carbocycles. The number of nitriles is 1. The van der Waals surface area contributed by atoms with Crippen LogP contribution in [0.15, 0.2) is 24.3 Å². The third-order valence-corrected chi connectivity index (χ3v) is 2.64. The van der Waals surface area contributed by atoms with E-state index in [0.717, 1.165) is 4.90 Å². The summed E-state index contributed by atoms with van der Waals surface area (Å²) in [6.07, 6.45) is 0. The maximum Gasteiger partial charge on any atom is 0.332 e. The van der Waals surface area contributed by atoms with Crippen molar-refractivity contribution in [3.05, 3.63) is 29.3 Å². The molecule has 1 saturated heterocycles. The maximum absolute atomic E-state index is 11.8. The Bertz CT molecular complexity index is 506. The molecule has 3 amide bonds. The van der Waals surface area contributed by atoms with Crippen molar-refractivity contribution in [1.29, 1.82) is 5.26 Å². The summed E-state index contributed by atoms with van der Waals surface area (Å²) >= 11 is 5.73. The van der Waals surface area contributed by atoms with Gasteiger partial charge in [-0.1, -0.05) is 11.6 Å². The predicted octanol–water partition coefficient (Wildman–Crippen LogP) is 1.63. The number of benzene rings is 1. The van der Waals surface area contributed by atoms with Crippen LogP contribution >= 0.6 is 11.6 Å². The van der Waals surface area contributed by atoms with Gasteiger partial charge in [0.05, 0.1) is 11.8 Å². The zero-order valence-corrected chi connectivity index (χ0v) is 9.52. The smallest absolute Gasteiger partial charge is 0.301 e. The Labute approximate surface area is 103 Å². The highest BCUT2D eigenvalue weighted by Gasteiger charge is 2.36. The largest absolute Gasteiger partial charge is 0.332 e. The fraction of sp³-hybridized carbons (Fsp3) is 0.182. The highest BCUT2D eigenvalue weighted by molar-refractivity contribution is 6.30. The van der Waals surface area contributed by atoms with Crippen molar-refractivity contribution in [2.24, 2.45) is 0 Å². The maximum atomic E-state index is 11.8. The van der Waals surface area contributed by atoms with E-state index in [0.29, 0.717) is 10.7 Å². The van der Waals surface area contributed by atoms with Crippen molar-refractivity contribution in [2.45, 2.75) is 0 Å². The van der Waals surface area contributed by atoms with Crippen LogP contribution in [0.25, 0.3) is 0 Å². The van der Waals surface area contributed by atoms with Crippen LogP contribution in [0.1, 0.15) is 0 Å². The van der Waals surface area contributed by atoms with Gasteiger partial charge in [0.2, 0.25) is 0 Å². The average molecular weight is 250 g/mol. The van der Waals surface area contributed by atoms with Gasteiger partial charge in [-0.05, 0) is 24.3 Å². The number of hydrogen-bond acceptors (Lipinski definition) is 3. The molecule has 0 atom stereocenters. The summed E-state index contributed by atoms with van der Waals surface area (Å²) < 4.78 is 0. The van der Waals surface area contributed by atoms with Crippen LogP contribution in [-0.4, -0.2) is 29.9 Å². The SMILES string of the molecule is N#CCN1CC(=O)N(c2ccc(Cl)cc2)C1=O. The molecule has 1 aliphatic heterocycles. The second-order valence-electron chi connectivity index (χ2n) is 3.50. The molecule has 0 radical (unpaired) electrons. The van der Waals surface area contributed by atoms with E-state index in [9.17, 15) is 9.59 Å². The van der Waals surface area contributed by atoms with Crippen LogP contribution in [0.5, 0.6) is 0 Å². The molecule has 1 aliphatic rings. The normalized spacial score (nSPS) is 15.3. The first-order chi connectivity index (χ1) is 8.13. The number of amides is 3. The summed E-state index contributed by atoms with van der Waals surface area (Å²) in [5, 5.41) is 9.06. The molecule has 0 bridgehead atoms. The first-order valence-electron chi connectivity index (χ1n) is 4.88. The lowest BCUT2D eigenvalue weighted by atomic mass is 10.3. The number of urea groups is 1. The van der Waals surface area contributed by atoms with Crippen molar-refractivity contribution in [1.82, 2.24) is 4.90 Å². The Morgan fingerprint density at radius 2 is 1.94 bits per heavy atom. The molecular formula is C11H8ClN3O2. The molecule has 5 nitrogen and oxygen atoms in total. The molecular weight excluding hydrogens is 242 g/mol. The molecule has 1 heterocycles. The molecule has 0 unspecified atom stereocenters. The number of imide groups is 1. The van der Waals surface area contributed by atoms with Crippen molar-refractivity contribution in [3.8, 4) is 6.07 Å². The number of hydrogen-bond donors (Lipinski definition) is 0. The fourth-order valence-electron chi connectivity index (χ4n) is 1.60. The van der Waals surface area contributed by atoms with Crippen molar-refractivity contribution in [3.63, 3.8) is 0 Å². The summed E-state index contributed by atoms with van der Waals surface area (Å²) in [6.45, 7) is -0.149. The van der Waals surface area contributed by atoms with E-state index in [1.54, 1.807) is 24.3 Å². The zero-order chi connectivity index (χ0) is 12.4. The molecule has 0 aromatic heterocycles. The van der Waals surface area contributed by atoms with Gasteiger partial charge in [-0.2, -0.15) is 5.26 Å². The van der Waals surface area contributed by atoms with Gasteiger partial charge in [-0.15, -0.1) is 0 Å². The molecule has 86 valence electrons. The second kappa shape index (κ2) is 4.44. The van der Waals surface area contributed by atoms with E-state index in [4.69, 9.17) is 16.9 Å². The third kappa shape index (κ3) is 2.08. The van der Waals surface area contributed by atoms with Crippen LogP contribution in [0.2, 0.25) is 5.02 Å². The minimum Gasteiger partial charge on any atom is -0.301 e. The van der Waals surface area contributed by atoms with E-state index in [-0.39, 0.29) is 19.0 Å². The van der Waals surface area contributed by atoms with Gasteiger partial charge in [0, 0.05) is 5.02 Å². The number of nitrogens with zero attached hydrogens (tertiary/aromatic N) is 3. The van der Waals surface area contributed by atoms with Gasteiger partial charge in [0.15, 0.2) is 0 Å². The summed E-state index contributed by atoms with van der Waals surface area (Å²) in [6, 6.07) is 7.76. The number of carbonyl (C=O) groups excluding carboxylic acids is 2. The van der Waals surface area contributed by atoms with E-state index in [1.807, 2.05) is 6.07 Å². The van der Waals surface area contributed by atoms with Gasteiger partial charge in [0.1, 0.15) is 13.1 Å². The topological polar surface area (TPSA) is 64.4 Å². The van der Waals surface area contributed by atoms with Crippen LogP contribution in [0.3, 0.4) is 0 Å². The van der Waals surface area contributed by atoms with Gasteiger partial charge >= 0.3 is 6.03 Å². The molecule has 1 fully saturated rings. The number of anilines is 1. The first kappa shape index (κ1) is 11.4. The lowest BCUT2D eigenvalue weighted by Crippen LogP contribution is -2.33. The van der Waals surface area contributed by atoms with Crippen LogP contribution < -0.4 is 4.90 Å². The fourth-order valence-corrected chi connectivity index (χ4v) is 1.73. The standard InChI is InChI=1S/C11H8ClN3O2/c12-8-1-3-9(4-2-8)15-10(16)7-14(6-5-13)11(15)17/h1-4H,6-7H2. The van der Waals surface area contributed by atoms with Gasteiger partial charge in [0.25, 0.3) is 5.91 Å². The van der Waals surface area contributed by atoms with Gasteiger partial charge in [-0.3, -0.25) is 4.79 Å². The van der Waals surface area contributed by atoms with Gasteiger partial charge < -0.3 is 4.90 Å². The number of carbonyl (C=O) groups is 2. The predicted molar refractivity (Wildman–Crippen MR) is 61.5 cm³/mol. The van der Waals surface area contributed by atoms with Crippen molar-refractivity contribution < 1.29 is 9.59 Å². The average Bonchev–Trinajstić information content (AvgIpc) is 2.57. The quantitative estimate of drug-likeness (QED) is 0.591. The van der Waals surface area contributed by atoms with Crippen LogP contribution in [-0.2, 0) is 4.79 Å².